The van der Waals surface area contributed by atoms with E-state index >= 15 is 0 Å². The molecule has 0 saturated carbocycles. The number of sulfone groups is 1. The lowest BCUT2D eigenvalue weighted by Gasteiger charge is -2.28. The molecule has 20 heavy (non-hydrogen) atoms. The zero-order valence-electron chi connectivity index (χ0n) is 11.2. The summed E-state index contributed by atoms with van der Waals surface area (Å²) >= 11 is 0. The van der Waals surface area contributed by atoms with E-state index in [1.807, 2.05) is 24.3 Å². The Morgan fingerprint density at radius 2 is 1.95 bits per heavy atom. The van der Waals surface area contributed by atoms with Gasteiger partial charge in [-0.2, -0.15) is 0 Å². The SMILES string of the molecule is CS(=O)(=O)CCc1ccc(C2(N)N=C(N)C=CN2)cc1. The van der Waals surface area contributed by atoms with Gasteiger partial charge in [0, 0.05) is 18.0 Å². The van der Waals surface area contributed by atoms with Gasteiger partial charge in [-0.15, -0.1) is 0 Å². The quantitative estimate of drug-likeness (QED) is 0.713. The van der Waals surface area contributed by atoms with Crippen LogP contribution in [0, 0.1) is 0 Å². The summed E-state index contributed by atoms with van der Waals surface area (Å²) in [6, 6.07) is 7.34. The molecule has 108 valence electrons. The Labute approximate surface area is 118 Å². The molecule has 1 aromatic carbocycles. The third-order valence-corrected chi connectivity index (χ3v) is 3.96. The largest absolute Gasteiger partial charge is 0.384 e. The van der Waals surface area contributed by atoms with Gasteiger partial charge in [-0.1, -0.05) is 24.3 Å². The smallest absolute Gasteiger partial charge is 0.211 e. The van der Waals surface area contributed by atoms with Gasteiger partial charge >= 0.3 is 0 Å². The molecule has 0 amide bonds. The Morgan fingerprint density at radius 1 is 1.30 bits per heavy atom. The molecule has 1 aliphatic heterocycles. The Morgan fingerprint density at radius 3 is 2.50 bits per heavy atom. The van der Waals surface area contributed by atoms with Crippen molar-refractivity contribution in [3.05, 3.63) is 47.7 Å². The number of amidine groups is 1. The van der Waals surface area contributed by atoms with E-state index in [0.717, 1.165) is 11.1 Å². The van der Waals surface area contributed by atoms with Crippen LogP contribution in [0.15, 0.2) is 41.5 Å². The summed E-state index contributed by atoms with van der Waals surface area (Å²) in [6.07, 6.45) is 4.99. The maximum Gasteiger partial charge on any atom is 0.211 e. The zero-order chi connectivity index (χ0) is 14.8. The molecule has 0 bridgehead atoms. The molecule has 0 fully saturated rings. The van der Waals surface area contributed by atoms with Crippen molar-refractivity contribution < 1.29 is 8.42 Å². The minimum Gasteiger partial charge on any atom is -0.384 e. The molecule has 0 spiro atoms. The number of rotatable bonds is 4. The van der Waals surface area contributed by atoms with Crippen LogP contribution >= 0.6 is 0 Å². The topological polar surface area (TPSA) is 111 Å². The Bertz CT molecular complexity index is 649. The molecule has 1 atom stereocenters. The Hall–Kier alpha value is -1.86. The van der Waals surface area contributed by atoms with Crippen molar-refractivity contribution >= 4 is 15.7 Å². The van der Waals surface area contributed by atoms with Crippen molar-refractivity contribution in [2.75, 3.05) is 12.0 Å². The molecule has 1 heterocycles. The second-order valence-corrected chi connectivity index (χ2v) is 7.12. The fourth-order valence-electron chi connectivity index (χ4n) is 1.90. The van der Waals surface area contributed by atoms with Gasteiger partial charge in [0.1, 0.15) is 15.7 Å². The van der Waals surface area contributed by atoms with Crippen LogP contribution in [-0.4, -0.2) is 26.3 Å². The summed E-state index contributed by atoms with van der Waals surface area (Å²) in [7, 11) is -2.96. The van der Waals surface area contributed by atoms with Crippen LogP contribution < -0.4 is 16.8 Å². The van der Waals surface area contributed by atoms with E-state index in [1.54, 1.807) is 12.3 Å². The maximum absolute atomic E-state index is 11.1. The predicted molar refractivity (Wildman–Crippen MR) is 79.6 cm³/mol. The average molecular weight is 294 g/mol. The van der Waals surface area contributed by atoms with Crippen LogP contribution in [-0.2, 0) is 22.0 Å². The zero-order valence-corrected chi connectivity index (χ0v) is 12.0. The molecule has 0 aromatic heterocycles. The standard InChI is InChI=1S/C13H18N4O2S/c1-20(18,19)9-7-10-2-4-11(5-3-10)13(15)16-8-6-12(14)17-13/h2-6,8,16H,7,9,15H2,1H3,(H2,14,17). The Balaban J connectivity index is 2.14. The van der Waals surface area contributed by atoms with Crippen LogP contribution in [0.25, 0.3) is 0 Å². The molecular formula is C13H18N4O2S. The summed E-state index contributed by atoms with van der Waals surface area (Å²) in [4.78, 5) is 4.18. The first-order valence-corrected chi connectivity index (χ1v) is 8.20. The van der Waals surface area contributed by atoms with E-state index in [0.29, 0.717) is 12.3 Å². The monoisotopic (exact) mass is 294 g/mol. The van der Waals surface area contributed by atoms with E-state index in [2.05, 4.69) is 10.3 Å². The van der Waals surface area contributed by atoms with E-state index < -0.39 is 15.6 Å². The van der Waals surface area contributed by atoms with E-state index in [-0.39, 0.29) is 5.75 Å². The first kappa shape index (κ1) is 14.5. The molecule has 0 radical (unpaired) electrons. The van der Waals surface area contributed by atoms with Gasteiger partial charge in [0.2, 0.25) is 5.79 Å². The fourth-order valence-corrected chi connectivity index (χ4v) is 2.51. The maximum atomic E-state index is 11.1. The lowest BCUT2D eigenvalue weighted by molar-refractivity contribution is 0.410. The van der Waals surface area contributed by atoms with Crippen molar-refractivity contribution in [2.45, 2.75) is 12.2 Å². The van der Waals surface area contributed by atoms with Crippen LogP contribution in [0.5, 0.6) is 0 Å². The van der Waals surface area contributed by atoms with Gasteiger partial charge in [-0.3, -0.25) is 5.73 Å². The number of nitrogens with zero attached hydrogens (tertiary/aromatic N) is 1. The summed E-state index contributed by atoms with van der Waals surface area (Å²) in [5.41, 5.74) is 13.5. The van der Waals surface area contributed by atoms with Crippen molar-refractivity contribution in [1.29, 1.82) is 0 Å². The molecule has 5 N–H and O–H groups in total. The minimum absolute atomic E-state index is 0.131. The second kappa shape index (κ2) is 5.26. The third kappa shape index (κ3) is 3.58. The molecule has 2 rings (SSSR count). The predicted octanol–water partition coefficient (Wildman–Crippen LogP) is -0.183. The number of aliphatic imine (C=N–C) groups is 1. The van der Waals surface area contributed by atoms with Gasteiger partial charge in [-0.25, -0.2) is 13.4 Å². The van der Waals surface area contributed by atoms with Crippen molar-refractivity contribution in [3.63, 3.8) is 0 Å². The number of aryl methyl sites for hydroxylation is 1. The lowest BCUT2D eigenvalue weighted by atomic mass is 10.0. The normalized spacial score (nSPS) is 22.2. The van der Waals surface area contributed by atoms with E-state index in [4.69, 9.17) is 11.5 Å². The summed E-state index contributed by atoms with van der Waals surface area (Å²) < 4.78 is 22.3. The Kier molecular flexibility index (Phi) is 3.82. The van der Waals surface area contributed by atoms with Crippen molar-refractivity contribution in [1.82, 2.24) is 5.32 Å². The van der Waals surface area contributed by atoms with Gasteiger partial charge in [0.25, 0.3) is 0 Å². The number of hydrogen-bond acceptors (Lipinski definition) is 6. The van der Waals surface area contributed by atoms with Crippen LogP contribution in [0.4, 0.5) is 0 Å². The number of benzene rings is 1. The first-order chi connectivity index (χ1) is 9.28. The van der Waals surface area contributed by atoms with Gasteiger partial charge in [-0.05, 0) is 18.1 Å². The lowest BCUT2D eigenvalue weighted by Crippen LogP contribution is -2.49. The van der Waals surface area contributed by atoms with Gasteiger partial charge in [0.05, 0.1) is 5.75 Å². The number of hydrogen-bond donors (Lipinski definition) is 3. The molecule has 7 heteroatoms. The summed E-state index contributed by atoms with van der Waals surface area (Å²) in [6.45, 7) is 0. The average Bonchev–Trinajstić information content (AvgIpc) is 2.36. The molecule has 1 aromatic rings. The fraction of sp³-hybridized carbons (Fsp3) is 0.308. The highest BCUT2D eigenvalue weighted by Gasteiger charge is 2.26. The van der Waals surface area contributed by atoms with Crippen LogP contribution in [0.2, 0.25) is 0 Å². The molecular weight excluding hydrogens is 276 g/mol. The van der Waals surface area contributed by atoms with Crippen molar-refractivity contribution in [3.8, 4) is 0 Å². The molecule has 1 aliphatic rings. The highest BCUT2D eigenvalue weighted by atomic mass is 32.2. The summed E-state index contributed by atoms with van der Waals surface area (Å²) in [5.74, 6) is -0.590. The number of nitrogens with one attached hydrogen (secondary N) is 1. The number of nitrogens with two attached hydrogens (primary N) is 2. The highest BCUT2D eigenvalue weighted by molar-refractivity contribution is 7.90. The van der Waals surface area contributed by atoms with Crippen molar-refractivity contribution in [2.24, 2.45) is 16.5 Å². The minimum atomic E-state index is -2.96. The van der Waals surface area contributed by atoms with Crippen LogP contribution in [0.3, 0.4) is 0 Å². The van der Waals surface area contributed by atoms with Gasteiger partial charge < -0.3 is 11.1 Å². The third-order valence-electron chi connectivity index (χ3n) is 3.02. The molecule has 1 unspecified atom stereocenters. The molecule has 0 saturated heterocycles. The highest BCUT2D eigenvalue weighted by Crippen LogP contribution is 2.20. The van der Waals surface area contributed by atoms with Crippen LogP contribution in [0.1, 0.15) is 11.1 Å². The second-order valence-electron chi connectivity index (χ2n) is 4.86. The molecule has 0 aliphatic carbocycles. The van der Waals surface area contributed by atoms with E-state index in [9.17, 15) is 8.42 Å². The first-order valence-electron chi connectivity index (χ1n) is 6.14. The molecule has 6 nitrogen and oxygen atoms in total. The van der Waals surface area contributed by atoms with Gasteiger partial charge in [0.15, 0.2) is 0 Å². The van der Waals surface area contributed by atoms with E-state index in [1.165, 1.54) is 6.26 Å². The summed E-state index contributed by atoms with van der Waals surface area (Å²) in [5, 5.41) is 2.95.